The number of nitrogen functional groups attached to an aromatic ring is 1. The molecule has 150 valence electrons. The van der Waals surface area contributed by atoms with Crippen molar-refractivity contribution in [2.45, 2.75) is 6.54 Å². The van der Waals surface area contributed by atoms with Gasteiger partial charge in [-0.05, 0) is 42.0 Å². The second-order valence-electron chi connectivity index (χ2n) is 6.17. The number of hydrazine groups is 1. The van der Waals surface area contributed by atoms with Gasteiger partial charge in [-0.15, -0.1) is 0 Å². The van der Waals surface area contributed by atoms with E-state index in [0.717, 1.165) is 0 Å². The monoisotopic (exact) mass is 408 g/mol. The molecule has 28 heavy (non-hydrogen) atoms. The molecule has 3 rings (SSSR count). The van der Waals surface area contributed by atoms with Crippen molar-refractivity contribution in [1.82, 2.24) is 9.73 Å². The molecule has 1 amide bonds. The van der Waals surface area contributed by atoms with Crippen molar-refractivity contribution in [3.8, 4) is 0 Å². The highest BCUT2D eigenvalue weighted by atomic mass is 32.2. The molecule has 0 atom stereocenters. The predicted octanol–water partition coefficient (Wildman–Crippen LogP) is 1.01. The van der Waals surface area contributed by atoms with Crippen molar-refractivity contribution < 1.29 is 22.3 Å². The van der Waals surface area contributed by atoms with Crippen LogP contribution in [0.4, 0.5) is 10.1 Å². The van der Waals surface area contributed by atoms with Crippen molar-refractivity contribution in [2.75, 3.05) is 30.6 Å². The lowest BCUT2D eigenvalue weighted by Crippen LogP contribution is -2.48. The van der Waals surface area contributed by atoms with Crippen LogP contribution in [-0.2, 0) is 21.5 Å². The molecule has 0 radical (unpaired) electrons. The summed E-state index contributed by atoms with van der Waals surface area (Å²) in [7, 11) is -3.85. The van der Waals surface area contributed by atoms with E-state index in [0.29, 0.717) is 30.0 Å². The van der Waals surface area contributed by atoms with E-state index in [9.17, 15) is 17.6 Å². The van der Waals surface area contributed by atoms with E-state index in [4.69, 9.17) is 10.6 Å². The van der Waals surface area contributed by atoms with Crippen LogP contribution in [-0.4, -0.2) is 44.9 Å². The maximum absolute atomic E-state index is 13.3. The van der Waals surface area contributed by atoms with Crippen LogP contribution < -0.4 is 15.6 Å². The summed E-state index contributed by atoms with van der Waals surface area (Å²) in [6.45, 7) is 1.15. The van der Waals surface area contributed by atoms with E-state index in [1.807, 2.05) is 5.43 Å². The number of rotatable bonds is 6. The minimum Gasteiger partial charge on any atom is -0.379 e. The first-order valence-corrected chi connectivity index (χ1v) is 10.0. The first-order chi connectivity index (χ1) is 13.4. The zero-order chi connectivity index (χ0) is 20.1. The van der Waals surface area contributed by atoms with Gasteiger partial charge >= 0.3 is 10.2 Å². The molecule has 2 aromatic carbocycles. The summed E-state index contributed by atoms with van der Waals surface area (Å²) >= 11 is 0. The van der Waals surface area contributed by atoms with Crippen LogP contribution in [0.1, 0.15) is 15.9 Å². The van der Waals surface area contributed by atoms with E-state index < -0.39 is 21.9 Å². The molecule has 0 aromatic heterocycles. The maximum Gasteiger partial charge on any atom is 0.304 e. The Hall–Kier alpha value is -2.53. The number of anilines is 1. The fourth-order valence-corrected chi connectivity index (χ4v) is 4.43. The largest absolute Gasteiger partial charge is 0.379 e. The van der Waals surface area contributed by atoms with Crippen molar-refractivity contribution in [3.63, 3.8) is 0 Å². The zero-order valence-corrected chi connectivity index (χ0v) is 15.9. The number of amides is 1. The van der Waals surface area contributed by atoms with Crippen LogP contribution in [0.15, 0.2) is 48.5 Å². The van der Waals surface area contributed by atoms with Gasteiger partial charge in [-0.25, -0.2) is 10.2 Å². The van der Waals surface area contributed by atoms with Gasteiger partial charge < -0.3 is 4.74 Å². The van der Waals surface area contributed by atoms with Crippen LogP contribution in [0.2, 0.25) is 0 Å². The van der Waals surface area contributed by atoms with Gasteiger partial charge in [-0.3, -0.25) is 14.5 Å². The number of halogens is 1. The Morgan fingerprint density at radius 2 is 1.71 bits per heavy atom. The van der Waals surface area contributed by atoms with Gasteiger partial charge in [-0.1, -0.05) is 12.1 Å². The Kier molecular flexibility index (Phi) is 6.25. The van der Waals surface area contributed by atoms with E-state index in [-0.39, 0.29) is 19.6 Å². The lowest BCUT2D eigenvalue weighted by Gasteiger charge is -2.33. The Labute approximate surface area is 162 Å². The average Bonchev–Trinajstić information content (AvgIpc) is 2.73. The number of ether oxygens (including phenoxy) is 1. The van der Waals surface area contributed by atoms with Crippen LogP contribution >= 0.6 is 0 Å². The molecule has 0 unspecified atom stereocenters. The molecule has 1 saturated heterocycles. The molecular formula is C18H21FN4O4S. The minimum absolute atomic E-state index is 0.0237. The Morgan fingerprint density at radius 1 is 1.11 bits per heavy atom. The Balaban J connectivity index is 1.92. The number of nitrogens with two attached hydrogens (primary N) is 1. The number of nitrogens with zero attached hydrogens (tertiary/aromatic N) is 2. The first kappa shape index (κ1) is 20.2. The zero-order valence-electron chi connectivity index (χ0n) is 15.0. The maximum atomic E-state index is 13.3. The molecule has 2 aromatic rings. The van der Waals surface area contributed by atoms with E-state index in [1.54, 1.807) is 24.3 Å². The fraction of sp³-hybridized carbons (Fsp3) is 0.278. The molecule has 3 N–H and O–H groups in total. The lowest BCUT2D eigenvalue weighted by molar-refractivity contribution is 0.0729. The summed E-state index contributed by atoms with van der Waals surface area (Å²) in [5.74, 6) is 4.22. The average molecular weight is 408 g/mol. The number of carbonyl (C=O) groups excluding carboxylic acids is 1. The van der Waals surface area contributed by atoms with Gasteiger partial charge in [-0.2, -0.15) is 12.7 Å². The molecule has 1 aliphatic heterocycles. The second kappa shape index (κ2) is 8.65. The molecule has 0 bridgehead atoms. The van der Waals surface area contributed by atoms with Gasteiger partial charge in [0.25, 0.3) is 5.91 Å². The van der Waals surface area contributed by atoms with E-state index in [1.165, 1.54) is 32.9 Å². The molecular weight excluding hydrogens is 387 g/mol. The molecule has 0 spiro atoms. The van der Waals surface area contributed by atoms with Gasteiger partial charge in [0, 0.05) is 18.7 Å². The van der Waals surface area contributed by atoms with Gasteiger partial charge in [0.2, 0.25) is 0 Å². The predicted molar refractivity (Wildman–Crippen MR) is 102 cm³/mol. The number of morpholine rings is 1. The summed E-state index contributed by atoms with van der Waals surface area (Å²) < 4.78 is 47.6. The third kappa shape index (κ3) is 4.47. The Bertz CT molecular complexity index is 914. The third-order valence-corrected chi connectivity index (χ3v) is 6.28. The molecule has 10 heteroatoms. The second-order valence-corrected chi connectivity index (χ2v) is 8.03. The highest BCUT2D eigenvalue weighted by Crippen LogP contribution is 2.24. The molecule has 1 fully saturated rings. The summed E-state index contributed by atoms with van der Waals surface area (Å²) in [6, 6.07) is 11.7. The highest BCUT2D eigenvalue weighted by Gasteiger charge is 2.31. The Morgan fingerprint density at radius 3 is 2.29 bits per heavy atom. The quantitative estimate of drug-likeness (QED) is 0.422. The van der Waals surface area contributed by atoms with Gasteiger partial charge in [0.05, 0.1) is 25.4 Å². The van der Waals surface area contributed by atoms with Crippen molar-refractivity contribution in [1.29, 1.82) is 0 Å². The summed E-state index contributed by atoms with van der Waals surface area (Å²) in [4.78, 5) is 11.6. The van der Waals surface area contributed by atoms with Gasteiger partial charge in [0.1, 0.15) is 5.82 Å². The summed E-state index contributed by atoms with van der Waals surface area (Å²) in [5.41, 5.74) is 3.40. The van der Waals surface area contributed by atoms with E-state index >= 15 is 0 Å². The van der Waals surface area contributed by atoms with E-state index in [2.05, 4.69) is 0 Å². The number of hydrogen-bond acceptors (Lipinski definition) is 5. The number of nitrogens with one attached hydrogen (secondary N) is 1. The smallest absolute Gasteiger partial charge is 0.304 e. The normalized spacial score (nSPS) is 15.2. The number of carbonyl (C=O) groups is 1. The van der Waals surface area contributed by atoms with Crippen molar-refractivity contribution >= 4 is 21.8 Å². The molecule has 8 nitrogen and oxygen atoms in total. The summed E-state index contributed by atoms with van der Waals surface area (Å²) in [5, 5.41) is 0. The van der Waals surface area contributed by atoms with Crippen LogP contribution in [0.25, 0.3) is 0 Å². The third-order valence-electron chi connectivity index (χ3n) is 4.36. The van der Waals surface area contributed by atoms with Crippen molar-refractivity contribution in [2.24, 2.45) is 5.84 Å². The SMILES string of the molecule is NNC(=O)c1ccc(CN(c2ccc(F)cc2)S(=O)(=O)N2CCOCC2)cc1. The lowest BCUT2D eigenvalue weighted by atomic mass is 10.1. The standard InChI is InChI=1S/C18H21FN4O4S/c19-16-5-7-17(8-6-16)23(28(25,26)22-9-11-27-12-10-22)13-14-1-3-15(4-2-14)18(24)21-20/h1-8H,9-13,20H2,(H,21,24). The van der Waals surface area contributed by atoms with Gasteiger partial charge in [0.15, 0.2) is 0 Å². The highest BCUT2D eigenvalue weighted by molar-refractivity contribution is 7.90. The van der Waals surface area contributed by atoms with Crippen LogP contribution in [0.3, 0.4) is 0 Å². The summed E-state index contributed by atoms with van der Waals surface area (Å²) in [6.07, 6.45) is 0. The van der Waals surface area contributed by atoms with Crippen molar-refractivity contribution in [3.05, 3.63) is 65.5 Å². The first-order valence-electron chi connectivity index (χ1n) is 8.63. The van der Waals surface area contributed by atoms with Crippen LogP contribution in [0, 0.1) is 5.82 Å². The van der Waals surface area contributed by atoms with Crippen LogP contribution in [0.5, 0.6) is 0 Å². The topological polar surface area (TPSA) is 105 Å². The minimum atomic E-state index is -3.85. The molecule has 0 saturated carbocycles. The number of benzene rings is 2. The fourth-order valence-electron chi connectivity index (χ4n) is 2.84. The molecule has 0 aliphatic carbocycles. The molecule has 1 aliphatic rings. The molecule has 1 heterocycles. The number of hydrogen-bond donors (Lipinski definition) is 2.